The fraction of sp³-hybridized carbons (Fsp3) is 0.300. The predicted molar refractivity (Wildman–Crippen MR) is 114 cm³/mol. The van der Waals surface area contributed by atoms with Gasteiger partial charge in [0.15, 0.2) is 15.0 Å². The van der Waals surface area contributed by atoms with Crippen molar-refractivity contribution >= 4 is 54.1 Å². The molecule has 4 rings (SSSR count). The SMILES string of the molecule is O=C(CCCS(=O)(=O)c1ccc(Cl)cc1)OC1CN(c2nc3ccccc3s2)C1. The lowest BCUT2D eigenvalue weighted by atomic mass is 10.2. The third-order valence-corrected chi connectivity index (χ3v) is 7.83. The highest BCUT2D eigenvalue weighted by Crippen LogP contribution is 2.31. The third-order valence-electron chi connectivity index (χ3n) is 4.67. The van der Waals surface area contributed by atoms with Crippen LogP contribution in [0.5, 0.6) is 0 Å². The maximum atomic E-state index is 12.3. The van der Waals surface area contributed by atoms with Gasteiger partial charge in [-0.3, -0.25) is 4.79 Å². The van der Waals surface area contributed by atoms with Crippen molar-refractivity contribution < 1.29 is 17.9 Å². The number of carbonyl (C=O) groups is 1. The molecule has 2 aromatic carbocycles. The molecule has 152 valence electrons. The van der Waals surface area contributed by atoms with E-state index >= 15 is 0 Å². The third kappa shape index (κ3) is 4.71. The van der Waals surface area contributed by atoms with Crippen molar-refractivity contribution in [1.29, 1.82) is 0 Å². The molecule has 0 atom stereocenters. The molecule has 1 saturated heterocycles. The molecule has 2 heterocycles. The number of para-hydroxylation sites is 1. The van der Waals surface area contributed by atoms with Crippen LogP contribution in [0.1, 0.15) is 12.8 Å². The molecule has 0 aliphatic carbocycles. The Kier molecular flexibility index (Phi) is 5.76. The normalized spacial score (nSPS) is 14.7. The average Bonchev–Trinajstić information content (AvgIpc) is 3.08. The minimum absolute atomic E-state index is 0.0739. The van der Waals surface area contributed by atoms with Crippen LogP contribution in [-0.2, 0) is 19.4 Å². The number of rotatable bonds is 7. The van der Waals surface area contributed by atoms with Gasteiger partial charge in [-0.15, -0.1) is 0 Å². The summed E-state index contributed by atoms with van der Waals surface area (Å²) in [5.74, 6) is -0.475. The van der Waals surface area contributed by atoms with Crippen LogP contribution in [0, 0.1) is 0 Å². The van der Waals surface area contributed by atoms with E-state index in [1.165, 1.54) is 24.3 Å². The van der Waals surface area contributed by atoms with E-state index in [0.29, 0.717) is 18.1 Å². The first-order chi connectivity index (χ1) is 13.9. The summed E-state index contributed by atoms with van der Waals surface area (Å²) in [6.45, 7) is 1.21. The second-order valence-electron chi connectivity index (χ2n) is 6.86. The van der Waals surface area contributed by atoms with Crippen LogP contribution in [0.4, 0.5) is 5.13 Å². The van der Waals surface area contributed by atoms with Crippen LogP contribution in [0.3, 0.4) is 0 Å². The number of carbonyl (C=O) groups excluding carboxylic acids is 1. The Morgan fingerprint density at radius 3 is 2.62 bits per heavy atom. The second kappa shape index (κ2) is 8.30. The number of hydrogen-bond acceptors (Lipinski definition) is 7. The topological polar surface area (TPSA) is 76.6 Å². The van der Waals surface area contributed by atoms with Gasteiger partial charge in [-0.05, 0) is 42.8 Å². The number of esters is 1. The summed E-state index contributed by atoms with van der Waals surface area (Å²) < 4.78 is 31.1. The molecule has 0 amide bonds. The Bertz CT molecular complexity index is 1090. The van der Waals surface area contributed by atoms with Gasteiger partial charge in [-0.25, -0.2) is 13.4 Å². The van der Waals surface area contributed by atoms with Crippen LogP contribution in [-0.4, -0.2) is 44.3 Å². The summed E-state index contributed by atoms with van der Waals surface area (Å²) in [5, 5.41) is 1.40. The van der Waals surface area contributed by atoms with Crippen molar-refractivity contribution in [1.82, 2.24) is 4.98 Å². The number of ether oxygens (including phenoxy) is 1. The minimum atomic E-state index is -3.43. The van der Waals surface area contributed by atoms with Gasteiger partial charge >= 0.3 is 5.97 Å². The van der Waals surface area contributed by atoms with Gasteiger partial charge in [0.25, 0.3) is 0 Å². The van der Waals surface area contributed by atoms with Crippen LogP contribution >= 0.6 is 22.9 Å². The lowest BCUT2D eigenvalue weighted by Crippen LogP contribution is -2.53. The fourth-order valence-corrected chi connectivity index (χ4v) is 5.50. The number of hydrogen-bond donors (Lipinski definition) is 0. The number of benzene rings is 2. The first kappa shape index (κ1) is 20.1. The number of thiazole rings is 1. The second-order valence-corrected chi connectivity index (χ2v) is 10.4. The van der Waals surface area contributed by atoms with E-state index in [1.807, 2.05) is 24.3 Å². The van der Waals surface area contributed by atoms with E-state index < -0.39 is 9.84 Å². The maximum absolute atomic E-state index is 12.3. The van der Waals surface area contributed by atoms with E-state index in [2.05, 4.69) is 9.88 Å². The monoisotopic (exact) mass is 450 g/mol. The van der Waals surface area contributed by atoms with E-state index in [4.69, 9.17) is 16.3 Å². The molecule has 0 bridgehead atoms. The van der Waals surface area contributed by atoms with Gasteiger partial charge in [0.05, 0.1) is 34.0 Å². The van der Waals surface area contributed by atoms with Crippen LogP contribution < -0.4 is 4.90 Å². The standard InChI is InChI=1S/C20H19ClN2O4S2/c21-14-7-9-16(10-8-14)29(25,26)11-3-6-19(24)27-15-12-23(13-15)20-22-17-4-1-2-5-18(17)28-20/h1-2,4-5,7-10,15H,3,6,11-13H2. The van der Waals surface area contributed by atoms with E-state index in [9.17, 15) is 13.2 Å². The van der Waals surface area contributed by atoms with Gasteiger partial charge in [-0.2, -0.15) is 0 Å². The van der Waals surface area contributed by atoms with Gasteiger partial charge < -0.3 is 9.64 Å². The average molecular weight is 451 g/mol. The molecule has 3 aromatic rings. The molecule has 0 N–H and O–H groups in total. The summed E-state index contributed by atoms with van der Waals surface area (Å²) in [6, 6.07) is 14.0. The molecule has 1 aliphatic heterocycles. The highest BCUT2D eigenvalue weighted by molar-refractivity contribution is 7.91. The zero-order valence-corrected chi connectivity index (χ0v) is 17.8. The summed E-state index contributed by atoms with van der Waals surface area (Å²) >= 11 is 7.40. The number of sulfone groups is 1. The van der Waals surface area contributed by atoms with E-state index in [0.717, 1.165) is 15.3 Å². The number of anilines is 1. The smallest absolute Gasteiger partial charge is 0.306 e. The molecule has 9 heteroatoms. The summed E-state index contributed by atoms with van der Waals surface area (Å²) in [7, 11) is -3.43. The van der Waals surface area contributed by atoms with Crippen LogP contribution in [0.15, 0.2) is 53.4 Å². The molecular weight excluding hydrogens is 432 g/mol. The Balaban J connectivity index is 1.21. The molecule has 0 unspecified atom stereocenters. The first-order valence-electron chi connectivity index (χ1n) is 9.19. The Morgan fingerprint density at radius 1 is 1.17 bits per heavy atom. The van der Waals surface area contributed by atoms with Crippen LogP contribution in [0.25, 0.3) is 10.2 Å². The van der Waals surface area contributed by atoms with Gasteiger partial charge in [0.2, 0.25) is 0 Å². The summed E-state index contributed by atoms with van der Waals surface area (Å²) in [5.41, 5.74) is 0.967. The van der Waals surface area contributed by atoms with Gasteiger partial charge in [0, 0.05) is 11.4 Å². The molecule has 0 spiro atoms. The van der Waals surface area contributed by atoms with Gasteiger partial charge in [0.1, 0.15) is 6.10 Å². The minimum Gasteiger partial charge on any atom is -0.459 e. The molecule has 29 heavy (non-hydrogen) atoms. The molecule has 1 fully saturated rings. The number of fused-ring (bicyclic) bond motifs is 1. The first-order valence-corrected chi connectivity index (χ1v) is 12.0. The molecule has 6 nitrogen and oxygen atoms in total. The molecule has 1 aromatic heterocycles. The lowest BCUT2D eigenvalue weighted by Gasteiger charge is -2.38. The number of nitrogens with zero attached hydrogens (tertiary/aromatic N) is 2. The van der Waals surface area contributed by atoms with Crippen molar-refractivity contribution in [3.05, 3.63) is 53.6 Å². The van der Waals surface area contributed by atoms with E-state index in [1.54, 1.807) is 11.3 Å². The Hall–Kier alpha value is -2.16. The fourth-order valence-electron chi connectivity index (χ4n) is 3.08. The number of halogens is 1. The Labute approximate surface area is 178 Å². The van der Waals surface area contributed by atoms with Crippen molar-refractivity contribution in [2.75, 3.05) is 23.7 Å². The molecular formula is C20H19ClN2O4S2. The van der Waals surface area contributed by atoms with Crippen molar-refractivity contribution in [3.63, 3.8) is 0 Å². The van der Waals surface area contributed by atoms with Gasteiger partial charge in [-0.1, -0.05) is 35.1 Å². The predicted octanol–water partition coefficient (Wildman–Crippen LogP) is 3.94. The highest BCUT2D eigenvalue weighted by atomic mass is 35.5. The zero-order chi connectivity index (χ0) is 20.4. The largest absolute Gasteiger partial charge is 0.459 e. The van der Waals surface area contributed by atoms with Crippen molar-refractivity contribution in [2.24, 2.45) is 0 Å². The van der Waals surface area contributed by atoms with Crippen LogP contribution in [0.2, 0.25) is 5.02 Å². The number of aromatic nitrogens is 1. The highest BCUT2D eigenvalue weighted by Gasteiger charge is 2.32. The van der Waals surface area contributed by atoms with E-state index in [-0.39, 0.29) is 35.6 Å². The molecule has 0 saturated carbocycles. The zero-order valence-electron chi connectivity index (χ0n) is 15.5. The Morgan fingerprint density at radius 2 is 1.90 bits per heavy atom. The quantitative estimate of drug-likeness (QED) is 0.507. The summed E-state index contributed by atoms with van der Waals surface area (Å²) in [4.78, 5) is 18.9. The van der Waals surface area contributed by atoms with Crippen molar-refractivity contribution in [3.8, 4) is 0 Å². The molecule has 1 aliphatic rings. The maximum Gasteiger partial charge on any atom is 0.306 e. The summed E-state index contributed by atoms with van der Waals surface area (Å²) in [6.07, 6.45) is 0.116. The van der Waals surface area contributed by atoms with Crippen molar-refractivity contribution in [2.45, 2.75) is 23.8 Å². The lowest BCUT2D eigenvalue weighted by molar-refractivity contribution is -0.150. The molecule has 0 radical (unpaired) electrons.